The first-order chi connectivity index (χ1) is 5.31. The van der Waals surface area contributed by atoms with Crippen LogP contribution in [0.5, 0.6) is 0 Å². The Balaban J connectivity index is 3.22. The van der Waals surface area contributed by atoms with Crippen molar-refractivity contribution >= 4 is 5.97 Å². The fraction of sp³-hybridized carbons (Fsp3) is 0.625. The molecule has 0 aromatic rings. The summed E-state index contributed by atoms with van der Waals surface area (Å²) in [5.41, 5.74) is 0. The van der Waals surface area contributed by atoms with E-state index in [4.69, 9.17) is 5.11 Å². The number of esters is 1. The summed E-state index contributed by atoms with van der Waals surface area (Å²) in [6.45, 7) is 1.91. The van der Waals surface area contributed by atoms with E-state index in [1.54, 1.807) is 13.0 Å². The second-order valence-corrected chi connectivity index (χ2v) is 2.08. The van der Waals surface area contributed by atoms with Gasteiger partial charge in [-0.15, -0.1) is 0 Å². The maximum atomic E-state index is 10.5. The summed E-state index contributed by atoms with van der Waals surface area (Å²) in [6.07, 6.45) is 4.95. The van der Waals surface area contributed by atoms with Crippen LogP contribution in [-0.2, 0) is 9.53 Å². The van der Waals surface area contributed by atoms with Crippen molar-refractivity contribution in [2.24, 2.45) is 0 Å². The van der Waals surface area contributed by atoms with Gasteiger partial charge in [0.1, 0.15) is 0 Å². The van der Waals surface area contributed by atoms with Crippen LogP contribution >= 0.6 is 0 Å². The smallest absolute Gasteiger partial charge is 0.310 e. The minimum atomic E-state index is -0.231. The number of carbonyl (C=O) groups excluding carboxylic acids is 1. The molecule has 0 aromatic carbocycles. The van der Waals surface area contributed by atoms with Crippen molar-refractivity contribution in [3.63, 3.8) is 0 Å². The van der Waals surface area contributed by atoms with Crippen LogP contribution in [0.4, 0.5) is 0 Å². The molecule has 0 saturated carbocycles. The number of allylic oxidation sites excluding steroid dienone is 1. The predicted molar refractivity (Wildman–Crippen MR) is 41.8 cm³/mol. The number of hydrogen-bond donors (Lipinski definition) is 1. The van der Waals surface area contributed by atoms with Gasteiger partial charge in [0, 0.05) is 13.0 Å². The molecular weight excluding hydrogens is 144 g/mol. The topological polar surface area (TPSA) is 46.5 Å². The monoisotopic (exact) mass is 158 g/mol. The van der Waals surface area contributed by atoms with Gasteiger partial charge in [0.2, 0.25) is 0 Å². The molecule has 0 unspecified atom stereocenters. The maximum absolute atomic E-state index is 10.5. The van der Waals surface area contributed by atoms with E-state index in [1.807, 2.05) is 0 Å². The molecule has 0 atom stereocenters. The third-order valence-electron chi connectivity index (χ3n) is 1.11. The third kappa shape index (κ3) is 7.06. The van der Waals surface area contributed by atoms with E-state index < -0.39 is 0 Å². The Morgan fingerprint density at radius 1 is 1.64 bits per heavy atom. The van der Waals surface area contributed by atoms with Gasteiger partial charge < -0.3 is 9.84 Å². The molecule has 0 aliphatic heterocycles. The zero-order chi connectivity index (χ0) is 8.53. The molecule has 11 heavy (non-hydrogen) atoms. The number of ether oxygens (including phenoxy) is 1. The lowest BCUT2D eigenvalue weighted by Crippen LogP contribution is -1.95. The summed E-state index contributed by atoms with van der Waals surface area (Å²) in [5, 5.41) is 8.38. The maximum Gasteiger partial charge on any atom is 0.310 e. The third-order valence-corrected chi connectivity index (χ3v) is 1.11. The molecular formula is C8H14O3. The highest BCUT2D eigenvalue weighted by Crippen LogP contribution is 1.91. The van der Waals surface area contributed by atoms with E-state index in [0.717, 1.165) is 6.42 Å². The second kappa shape index (κ2) is 7.28. The molecule has 0 heterocycles. The SMILES string of the molecule is CCC(=O)OC=CCCCO. The molecule has 0 amide bonds. The largest absolute Gasteiger partial charge is 0.435 e. The summed E-state index contributed by atoms with van der Waals surface area (Å²) in [5.74, 6) is -0.231. The first-order valence-electron chi connectivity index (χ1n) is 3.76. The Hall–Kier alpha value is -0.830. The average Bonchev–Trinajstić information content (AvgIpc) is 2.04. The predicted octanol–water partition coefficient (Wildman–Crippen LogP) is 1.23. The lowest BCUT2D eigenvalue weighted by molar-refractivity contribution is -0.137. The summed E-state index contributed by atoms with van der Waals surface area (Å²) >= 11 is 0. The van der Waals surface area contributed by atoms with Crippen LogP contribution in [0, 0.1) is 0 Å². The van der Waals surface area contributed by atoms with Crippen LogP contribution in [0.1, 0.15) is 26.2 Å². The highest BCUT2D eigenvalue weighted by atomic mass is 16.5. The average molecular weight is 158 g/mol. The molecule has 3 nitrogen and oxygen atoms in total. The van der Waals surface area contributed by atoms with E-state index in [2.05, 4.69) is 4.74 Å². The van der Waals surface area contributed by atoms with E-state index in [1.165, 1.54) is 6.26 Å². The van der Waals surface area contributed by atoms with Crippen LogP contribution in [0.3, 0.4) is 0 Å². The fourth-order valence-electron chi connectivity index (χ4n) is 0.485. The van der Waals surface area contributed by atoms with Crippen molar-refractivity contribution in [3.05, 3.63) is 12.3 Å². The second-order valence-electron chi connectivity index (χ2n) is 2.08. The van der Waals surface area contributed by atoms with Crippen LogP contribution in [0.25, 0.3) is 0 Å². The Kier molecular flexibility index (Phi) is 6.73. The molecule has 0 aliphatic carbocycles. The minimum absolute atomic E-state index is 0.173. The van der Waals surface area contributed by atoms with Gasteiger partial charge in [0.05, 0.1) is 6.26 Å². The van der Waals surface area contributed by atoms with Crippen molar-refractivity contribution in [3.8, 4) is 0 Å². The van der Waals surface area contributed by atoms with Gasteiger partial charge >= 0.3 is 5.97 Å². The highest BCUT2D eigenvalue weighted by Gasteiger charge is 1.91. The Morgan fingerprint density at radius 3 is 2.91 bits per heavy atom. The number of carbonyl (C=O) groups is 1. The van der Waals surface area contributed by atoms with Gasteiger partial charge in [0.25, 0.3) is 0 Å². The summed E-state index contributed by atoms with van der Waals surface area (Å²) in [4.78, 5) is 10.5. The number of unbranched alkanes of at least 4 members (excludes halogenated alkanes) is 1. The number of aliphatic hydroxyl groups excluding tert-OH is 1. The highest BCUT2D eigenvalue weighted by molar-refractivity contribution is 5.69. The van der Waals surface area contributed by atoms with Gasteiger partial charge in [-0.1, -0.05) is 6.92 Å². The molecule has 0 fully saturated rings. The molecule has 0 rings (SSSR count). The molecule has 0 radical (unpaired) electrons. The van der Waals surface area contributed by atoms with Gasteiger partial charge in [-0.3, -0.25) is 4.79 Å². The minimum Gasteiger partial charge on any atom is -0.435 e. The van der Waals surface area contributed by atoms with Gasteiger partial charge in [-0.2, -0.15) is 0 Å². The van der Waals surface area contributed by atoms with Crippen molar-refractivity contribution in [1.82, 2.24) is 0 Å². The van der Waals surface area contributed by atoms with Crippen LogP contribution in [-0.4, -0.2) is 17.7 Å². The Labute approximate surface area is 66.7 Å². The standard InChI is InChI=1S/C8H14O3/c1-2-8(10)11-7-5-3-4-6-9/h5,7,9H,2-4,6H2,1H3. The van der Waals surface area contributed by atoms with Crippen LogP contribution in [0.2, 0.25) is 0 Å². The summed E-state index contributed by atoms with van der Waals surface area (Å²) < 4.78 is 4.64. The van der Waals surface area contributed by atoms with E-state index in [-0.39, 0.29) is 12.6 Å². The fourth-order valence-corrected chi connectivity index (χ4v) is 0.485. The molecule has 0 saturated heterocycles. The van der Waals surface area contributed by atoms with Gasteiger partial charge in [0.15, 0.2) is 0 Å². The zero-order valence-corrected chi connectivity index (χ0v) is 6.75. The number of rotatable bonds is 5. The summed E-state index contributed by atoms with van der Waals surface area (Å²) in [6, 6.07) is 0. The molecule has 64 valence electrons. The van der Waals surface area contributed by atoms with Crippen LogP contribution in [0.15, 0.2) is 12.3 Å². The zero-order valence-electron chi connectivity index (χ0n) is 6.75. The van der Waals surface area contributed by atoms with Crippen molar-refractivity contribution < 1.29 is 14.6 Å². The summed E-state index contributed by atoms with van der Waals surface area (Å²) in [7, 11) is 0. The van der Waals surface area contributed by atoms with Crippen molar-refractivity contribution in [2.45, 2.75) is 26.2 Å². The van der Waals surface area contributed by atoms with Crippen LogP contribution < -0.4 is 0 Å². The first kappa shape index (κ1) is 10.2. The molecule has 0 spiro atoms. The van der Waals surface area contributed by atoms with E-state index >= 15 is 0 Å². The van der Waals surface area contributed by atoms with Crippen molar-refractivity contribution in [2.75, 3.05) is 6.61 Å². The molecule has 0 aromatic heterocycles. The Morgan fingerprint density at radius 2 is 2.36 bits per heavy atom. The molecule has 0 aliphatic rings. The normalized spacial score (nSPS) is 10.4. The van der Waals surface area contributed by atoms with Gasteiger partial charge in [-0.05, 0) is 18.9 Å². The van der Waals surface area contributed by atoms with Gasteiger partial charge in [-0.25, -0.2) is 0 Å². The quantitative estimate of drug-likeness (QED) is 0.372. The van der Waals surface area contributed by atoms with E-state index in [9.17, 15) is 4.79 Å². The van der Waals surface area contributed by atoms with Crippen molar-refractivity contribution in [1.29, 1.82) is 0 Å². The Bertz CT molecular complexity index is 129. The first-order valence-corrected chi connectivity index (χ1v) is 3.76. The molecule has 1 N–H and O–H groups in total. The lowest BCUT2D eigenvalue weighted by Gasteiger charge is -1.93. The number of aliphatic hydroxyl groups is 1. The van der Waals surface area contributed by atoms with E-state index in [0.29, 0.717) is 12.8 Å². The molecule has 3 heteroatoms. The molecule has 0 bridgehead atoms. The lowest BCUT2D eigenvalue weighted by atomic mass is 10.3. The number of hydrogen-bond acceptors (Lipinski definition) is 3.